The maximum atomic E-state index is 12.5. The second kappa shape index (κ2) is 7.64. The predicted molar refractivity (Wildman–Crippen MR) is 96.9 cm³/mol. The van der Waals surface area contributed by atoms with E-state index in [1.54, 1.807) is 0 Å². The molecule has 1 aromatic carbocycles. The van der Waals surface area contributed by atoms with Crippen molar-refractivity contribution in [3.63, 3.8) is 0 Å². The number of hydrogen-bond donors (Lipinski definition) is 2. The average Bonchev–Trinajstić information content (AvgIpc) is 3.06. The summed E-state index contributed by atoms with van der Waals surface area (Å²) in [5.74, 6) is 0.00787. The zero-order valence-electron chi connectivity index (χ0n) is 14.8. The molecule has 0 radical (unpaired) electrons. The van der Waals surface area contributed by atoms with Gasteiger partial charge in [0.25, 0.3) is 5.91 Å². The molecule has 132 valence electrons. The minimum absolute atomic E-state index is 0.00787. The van der Waals surface area contributed by atoms with Crippen molar-refractivity contribution in [1.82, 2.24) is 15.1 Å². The number of hydrogen-bond acceptors (Lipinski definition) is 4. The smallest absolute Gasteiger partial charge is 0.251 e. The van der Waals surface area contributed by atoms with Crippen LogP contribution in [0.15, 0.2) is 24.3 Å². The average molecular weight is 330 g/mol. The Morgan fingerprint density at radius 2 is 1.75 bits per heavy atom. The number of benzene rings is 1. The standard InChI is InChI=1S/C19H30N4O/c1-22-10-12-23(13-11-22)14-16-4-6-17(7-5-16)18(24)21-19(15-20)8-2-3-9-19/h4-7H,2-3,8-15,20H2,1H3,(H,21,24). The second-order valence-corrected chi connectivity index (χ2v) is 7.42. The van der Waals surface area contributed by atoms with Crippen LogP contribution in [-0.4, -0.2) is 61.0 Å². The first-order chi connectivity index (χ1) is 11.6. The van der Waals surface area contributed by atoms with Gasteiger partial charge in [-0.25, -0.2) is 0 Å². The van der Waals surface area contributed by atoms with Gasteiger partial charge in [-0.15, -0.1) is 0 Å². The summed E-state index contributed by atoms with van der Waals surface area (Å²) in [6.07, 6.45) is 4.30. The van der Waals surface area contributed by atoms with Gasteiger partial charge in [0.15, 0.2) is 0 Å². The molecule has 0 aromatic heterocycles. The van der Waals surface area contributed by atoms with E-state index in [1.807, 2.05) is 12.1 Å². The lowest BCUT2D eigenvalue weighted by Crippen LogP contribution is -2.51. The molecular weight excluding hydrogens is 300 g/mol. The van der Waals surface area contributed by atoms with E-state index in [-0.39, 0.29) is 11.4 Å². The van der Waals surface area contributed by atoms with Gasteiger partial charge in [-0.05, 0) is 37.6 Å². The molecule has 5 heteroatoms. The number of carbonyl (C=O) groups excluding carboxylic acids is 1. The first-order valence-electron chi connectivity index (χ1n) is 9.13. The Hall–Kier alpha value is -1.43. The quantitative estimate of drug-likeness (QED) is 0.857. The van der Waals surface area contributed by atoms with E-state index in [2.05, 4.69) is 34.3 Å². The maximum Gasteiger partial charge on any atom is 0.251 e. The molecule has 3 rings (SSSR count). The van der Waals surface area contributed by atoms with Crippen molar-refractivity contribution in [2.24, 2.45) is 5.73 Å². The molecule has 1 aromatic rings. The van der Waals surface area contributed by atoms with E-state index in [0.29, 0.717) is 6.54 Å². The molecule has 1 aliphatic carbocycles. The van der Waals surface area contributed by atoms with Crippen molar-refractivity contribution >= 4 is 5.91 Å². The predicted octanol–water partition coefficient (Wildman–Crippen LogP) is 1.44. The van der Waals surface area contributed by atoms with Gasteiger partial charge in [0.05, 0.1) is 5.54 Å². The molecule has 3 N–H and O–H groups in total. The molecule has 1 saturated heterocycles. The van der Waals surface area contributed by atoms with E-state index in [4.69, 9.17) is 5.73 Å². The summed E-state index contributed by atoms with van der Waals surface area (Å²) in [7, 11) is 2.17. The summed E-state index contributed by atoms with van der Waals surface area (Å²) in [5.41, 5.74) is 7.73. The van der Waals surface area contributed by atoms with Gasteiger partial charge in [-0.2, -0.15) is 0 Å². The molecule has 0 bridgehead atoms. The maximum absolute atomic E-state index is 12.5. The third-order valence-corrected chi connectivity index (χ3v) is 5.55. The first-order valence-corrected chi connectivity index (χ1v) is 9.13. The number of likely N-dealkylation sites (N-methyl/N-ethyl adjacent to an activating group) is 1. The Morgan fingerprint density at radius 3 is 2.33 bits per heavy atom. The molecule has 2 aliphatic rings. The third-order valence-electron chi connectivity index (χ3n) is 5.55. The Morgan fingerprint density at radius 1 is 1.12 bits per heavy atom. The molecule has 1 amide bonds. The fraction of sp³-hybridized carbons (Fsp3) is 0.632. The number of carbonyl (C=O) groups is 1. The van der Waals surface area contributed by atoms with Gasteiger partial charge < -0.3 is 16.0 Å². The van der Waals surface area contributed by atoms with Crippen molar-refractivity contribution in [3.05, 3.63) is 35.4 Å². The molecule has 1 saturated carbocycles. The van der Waals surface area contributed by atoms with E-state index in [0.717, 1.165) is 64.0 Å². The van der Waals surface area contributed by atoms with Crippen LogP contribution < -0.4 is 11.1 Å². The Kier molecular flexibility index (Phi) is 5.54. The lowest BCUT2D eigenvalue weighted by molar-refractivity contribution is 0.0903. The summed E-state index contributed by atoms with van der Waals surface area (Å²) >= 11 is 0. The van der Waals surface area contributed by atoms with E-state index in [9.17, 15) is 4.79 Å². The second-order valence-electron chi connectivity index (χ2n) is 7.42. The highest BCUT2D eigenvalue weighted by Crippen LogP contribution is 2.29. The van der Waals surface area contributed by atoms with Crippen LogP contribution in [0.2, 0.25) is 0 Å². The van der Waals surface area contributed by atoms with Gasteiger partial charge in [-0.3, -0.25) is 9.69 Å². The molecule has 24 heavy (non-hydrogen) atoms. The minimum Gasteiger partial charge on any atom is -0.345 e. The minimum atomic E-state index is -0.185. The van der Waals surface area contributed by atoms with Crippen LogP contribution in [0.4, 0.5) is 0 Å². The van der Waals surface area contributed by atoms with Gasteiger partial charge in [0.2, 0.25) is 0 Å². The number of nitrogens with zero attached hydrogens (tertiary/aromatic N) is 2. The number of amides is 1. The zero-order chi connectivity index (χ0) is 17.0. The van der Waals surface area contributed by atoms with Crippen LogP contribution in [0.3, 0.4) is 0 Å². The molecule has 1 aliphatic heterocycles. The third kappa shape index (κ3) is 4.15. The van der Waals surface area contributed by atoms with Crippen molar-refractivity contribution in [2.75, 3.05) is 39.8 Å². The Balaban J connectivity index is 1.56. The van der Waals surface area contributed by atoms with Crippen LogP contribution in [0.5, 0.6) is 0 Å². The molecule has 2 fully saturated rings. The highest BCUT2D eigenvalue weighted by atomic mass is 16.1. The number of nitrogens with two attached hydrogens (primary N) is 1. The van der Waals surface area contributed by atoms with Crippen molar-refractivity contribution in [3.8, 4) is 0 Å². The van der Waals surface area contributed by atoms with Crippen LogP contribution in [0.25, 0.3) is 0 Å². The van der Waals surface area contributed by atoms with Crippen LogP contribution in [0, 0.1) is 0 Å². The summed E-state index contributed by atoms with van der Waals surface area (Å²) in [5, 5.41) is 3.18. The monoisotopic (exact) mass is 330 g/mol. The summed E-state index contributed by atoms with van der Waals surface area (Å²) in [6, 6.07) is 8.05. The Labute approximate surface area is 145 Å². The number of nitrogens with one attached hydrogen (secondary N) is 1. The van der Waals surface area contributed by atoms with Gasteiger partial charge in [0.1, 0.15) is 0 Å². The number of rotatable bonds is 5. The van der Waals surface area contributed by atoms with Crippen LogP contribution in [0.1, 0.15) is 41.6 Å². The topological polar surface area (TPSA) is 61.6 Å². The zero-order valence-corrected chi connectivity index (χ0v) is 14.8. The van der Waals surface area contributed by atoms with Crippen molar-refractivity contribution in [2.45, 2.75) is 37.8 Å². The fourth-order valence-corrected chi connectivity index (χ4v) is 3.77. The SMILES string of the molecule is CN1CCN(Cc2ccc(C(=O)NC3(CN)CCCC3)cc2)CC1. The van der Waals surface area contributed by atoms with Gasteiger partial charge in [-0.1, -0.05) is 25.0 Å². The van der Waals surface area contributed by atoms with E-state index < -0.39 is 0 Å². The number of piperazine rings is 1. The first kappa shape index (κ1) is 17.4. The highest BCUT2D eigenvalue weighted by molar-refractivity contribution is 5.94. The molecule has 0 spiro atoms. The lowest BCUT2D eigenvalue weighted by atomic mass is 9.97. The Bertz CT molecular complexity index is 543. The van der Waals surface area contributed by atoms with Gasteiger partial charge >= 0.3 is 0 Å². The normalized spacial score (nSPS) is 21.8. The summed E-state index contributed by atoms with van der Waals surface area (Å²) < 4.78 is 0. The molecule has 0 atom stereocenters. The largest absolute Gasteiger partial charge is 0.345 e. The molecule has 0 unspecified atom stereocenters. The summed E-state index contributed by atoms with van der Waals surface area (Å²) in [4.78, 5) is 17.4. The molecular formula is C19H30N4O. The fourth-order valence-electron chi connectivity index (χ4n) is 3.77. The van der Waals surface area contributed by atoms with E-state index in [1.165, 1.54) is 5.56 Å². The van der Waals surface area contributed by atoms with Crippen LogP contribution >= 0.6 is 0 Å². The van der Waals surface area contributed by atoms with Crippen molar-refractivity contribution < 1.29 is 4.79 Å². The molecule has 5 nitrogen and oxygen atoms in total. The summed E-state index contributed by atoms with van der Waals surface area (Å²) in [6.45, 7) is 5.96. The molecule has 1 heterocycles. The highest BCUT2D eigenvalue weighted by Gasteiger charge is 2.34. The lowest BCUT2D eigenvalue weighted by Gasteiger charge is -2.32. The van der Waals surface area contributed by atoms with Crippen molar-refractivity contribution in [1.29, 1.82) is 0 Å². The van der Waals surface area contributed by atoms with Gasteiger partial charge in [0, 0.05) is 44.8 Å². The van der Waals surface area contributed by atoms with Crippen LogP contribution in [-0.2, 0) is 6.54 Å². The van der Waals surface area contributed by atoms with E-state index >= 15 is 0 Å².